The van der Waals surface area contributed by atoms with Crippen molar-refractivity contribution in [2.75, 3.05) is 26.2 Å². The van der Waals surface area contributed by atoms with Crippen LogP contribution in [0, 0.1) is 11.6 Å². The van der Waals surface area contributed by atoms with E-state index in [0.717, 1.165) is 6.07 Å². The van der Waals surface area contributed by atoms with Gasteiger partial charge in [-0.1, -0.05) is 12.1 Å². The number of aliphatic hydroxyl groups is 1. The van der Waals surface area contributed by atoms with E-state index in [0.29, 0.717) is 0 Å². The van der Waals surface area contributed by atoms with E-state index in [1.54, 1.807) is 0 Å². The summed E-state index contributed by atoms with van der Waals surface area (Å²) < 4.78 is 51.2. The molecule has 0 amide bonds. The fourth-order valence-electron chi connectivity index (χ4n) is 1.91. The average molecular weight is 294 g/mol. The molecule has 0 aliphatic rings. The predicted octanol–water partition coefficient (Wildman–Crippen LogP) is 1.91. The lowest BCUT2D eigenvalue weighted by Crippen LogP contribution is -2.34. The van der Waals surface area contributed by atoms with Gasteiger partial charge >= 0.3 is 0 Å². The van der Waals surface area contributed by atoms with Crippen molar-refractivity contribution in [3.63, 3.8) is 0 Å². The predicted molar refractivity (Wildman–Crippen MR) is 67.4 cm³/mol. The van der Waals surface area contributed by atoms with Crippen LogP contribution in [0.15, 0.2) is 18.2 Å². The van der Waals surface area contributed by atoms with Crippen molar-refractivity contribution in [1.82, 2.24) is 4.90 Å². The molecule has 0 aliphatic carbocycles. The quantitative estimate of drug-likeness (QED) is 0.720. The van der Waals surface area contributed by atoms with E-state index in [9.17, 15) is 17.6 Å². The van der Waals surface area contributed by atoms with Gasteiger partial charge in [0.05, 0.1) is 13.2 Å². The van der Waals surface area contributed by atoms with Crippen LogP contribution in [0.5, 0.6) is 0 Å². The van der Waals surface area contributed by atoms with E-state index in [-0.39, 0.29) is 31.7 Å². The summed E-state index contributed by atoms with van der Waals surface area (Å²) in [6.07, 6.45) is -2.34. The second-order valence-electron chi connectivity index (χ2n) is 4.45. The Bertz CT molecular complexity index is 417. The fourth-order valence-corrected chi connectivity index (χ4v) is 1.91. The maximum atomic E-state index is 13.5. The molecule has 7 heteroatoms. The van der Waals surface area contributed by atoms with Crippen LogP contribution in [0.4, 0.5) is 17.6 Å². The molecule has 3 nitrogen and oxygen atoms in total. The van der Waals surface area contributed by atoms with Gasteiger partial charge in [0.2, 0.25) is 0 Å². The van der Waals surface area contributed by atoms with Crippen LogP contribution in [-0.2, 0) is 0 Å². The maximum absolute atomic E-state index is 13.5. The van der Waals surface area contributed by atoms with Gasteiger partial charge in [-0.25, -0.2) is 17.6 Å². The average Bonchev–Trinajstić information content (AvgIpc) is 2.38. The third kappa shape index (κ3) is 5.07. The van der Waals surface area contributed by atoms with E-state index in [1.165, 1.54) is 17.0 Å². The Morgan fingerprint density at radius 1 is 1.20 bits per heavy atom. The summed E-state index contributed by atoms with van der Waals surface area (Å²) in [6, 6.07) is 2.91. The van der Waals surface area contributed by atoms with E-state index in [1.807, 2.05) is 0 Å². The number of benzene rings is 1. The summed E-state index contributed by atoms with van der Waals surface area (Å²) in [6.45, 7) is -0.486. The molecule has 1 atom stereocenters. The topological polar surface area (TPSA) is 49.5 Å². The molecule has 1 aromatic carbocycles. The summed E-state index contributed by atoms with van der Waals surface area (Å²) >= 11 is 0. The Labute approximate surface area is 115 Å². The number of alkyl halides is 2. The van der Waals surface area contributed by atoms with Gasteiger partial charge in [-0.3, -0.25) is 4.90 Å². The molecule has 0 heterocycles. The first-order valence-electron chi connectivity index (χ1n) is 6.26. The molecule has 0 aromatic heterocycles. The number of hydrogen-bond donors (Lipinski definition) is 2. The van der Waals surface area contributed by atoms with Crippen molar-refractivity contribution in [2.45, 2.75) is 18.9 Å². The Balaban J connectivity index is 2.60. The third-order valence-corrected chi connectivity index (χ3v) is 2.95. The molecule has 114 valence electrons. The smallest absolute Gasteiger partial charge is 0.251 e. The van der Waals surface area contributed by atoms with E-state index in [2.05, 4.69) is 0 Å². The lowest BCUT2D eigenvalue weighted by Gasteiger charge is -2.23. The summed E-state index contributed by atoms with van der Waals surface area (Å²) in [5.74, 6) is -2.00. The zero-order valence-corrected chi connectivity index (χ0v) is 10.9. The molecule has 1 unspecified atom stereocenters. The molecule has 0 spiro atoms. The summed E-state index contributed by atoms with van der Waals surface area (Å²) in [5.41, 5.74) is 5.78. The van der Waals surface area contributed by atoms with E-state index < -0.39 is 30.6 Å². The van der Waals surface area contributed by atoms with Crippen LogP contribution in [0.25, 0.3) is 0 Å². The molecule has 0 bridgehead atoms. The SMILES string of the molecule is NC(CCN(CCO)CC(F)F)c1cccc(F)c1F. The highest BCUT2D eigenvalue weighted by atomic mass is 19.3. The summed E-state index contributed by atoms with van der Waals surface area (Å²) in [5, 5.41) is 8.78. The molecule has 0 aliphatic heterocycles. The molecule has 1 aromatic rings. The number of aliphatic hydroxyl groups excluding tert-OH is 1. The van der Waals surface area contributed by atoms with Gasteiger partial charge in [-0.05, 0) is 12.5 Å². The molecule has 20 heavy (non-hydrogen) atoms. The Kier molecular flexibility index (Phi) is 6.90. The first-order valence-corrected chi connectivity index (χ1v) is 6.26. The van der Waals surface area contributed by atoms with Crippen LogP contribution in [0.3, 0.4) is 0 Å². The zero-order valence-electron chi connectivity index (χ0n) is 10.9. The Morgan fingerprint density at radius 3 is 2.50 bits per heavy atom. The number of rotatable bonds is 8. The standard InChI is InChI=1S/C13H18F4N2O/c14-10-3-1-2-9(13(10)17)11(18)4-5-19(6-7-20)8-12(15)16/h1-3,11-12,20H,4-8,18H2. The summed E-state index contributed by atoms with van der Waals surface area (Å²) in [4.78, 5) is 1.34. The van der Waals surface area contributed by atoms with Gasteiger partial charge in [0.25, 0.3) is 6.43 Å². The van der Waals surface area contributed by atoms with E-state index >= 15 is 0 Å². The van der Waals surface area contributed by atoms with Crippen molar-refractivity contribution in [3.8, 4) is 0 Å². The normalized spacial score (nSPS) is 13.2. The van der Waals surface area contributed by atoms with Crippen LogP contribution < -0.4 is 5.73 Å². The number of hydrogen-bond acceptors (Lipinski definition) is 3. The number of halogens is 4. The van der Waals surface area contributed by atoms with Crippen molar-refractivity contribution >= 4 is 0 Å². The van der Waals surface area contributed by atoms with Gasteiger partial charge in [0.15, 0.2) is 11.6 Å². The molecule has 0 radical (unpaired) electrons. The first kappa shape index (κ1) is 16.9. The van der Waals surface area contributed by atoms with Crippen LogP contribution in [0.1, 0.15) is 18.0 Å². The van der Waals surface area contributed by atoms with Gasteiger partial charge < -0.3 is 10.8 Å². The Hall–Kier alpha value is -1.18. The lowest BCUT2D eigenvalue weighted by molar-refractivity contribution is 0.0767. The van der Waals surface area contributed by atoms with Gasteiger partial charge in [0, 0.05) is 24.7 Å². The molecule has 0 fully saturated rings. The van der Waals surface area contributed by atoms with Crippen LogP contribution in [-0.4, -0.2) is 42.7 Å². The van der Waals surface area contributed by atoms with Gasteiger partial charge in [-0.2, -0.15) is 0 Å². The van der Waals surface area contributed by atoms with Gasteiger partial charge in [0.1, 0.15) is 0 Å². The Morgan fingerprint density at radius 2 is 1.90 bits per heavy atom. The van der Waals surface area contributed by atoms with Gasteiger partial charge in [-0.15, -0.1) is 0 Å². The molecule has 0 saturated heterocycles. The monoisotopic (exact) mass is 294 g/mol. The van der Waals surface area contributed by atoms with E-state index in [4.69, 9.17) is 10.8 Å². The summed E-state index contributed by atoms with van der Waals surface area (Å²) in [7, 11) is 0. The highest BCUT2D eigenvalue weighted by Crippen LogP contribution is 2.20. The second kappa shape index (κ2) is 8.18. The molecule has 3 N–H and O–H groups in total. The minimum atomic E-state index is -2.52. The molecular formula is C13H18F4N2O. The number of nitrogens with zero attached hydrogens (tertiary/aromatic N) is 1. The number of nitrogens with two attached hydrogens (primary N) is 1. The largest absolute Gasteiger partial charge is 0.395 e. The van der Waals surface area contributed by atoms with Crippen molar-refractivity contribution in [1.29, 1.82) is 0 Å². The van der Waals surface area contributed by atoms with Crippen molar-refractivity contribution < 1.29 is 22.7 Å². The lowest BCUT2D eigenvalue weighted by atomic mass is 10.0. The van der Waals surface area contributed by atoms with Crippen molar-refractivity contribution in [2.24, 2.45) is 5.73 Å². The molecular weight excluding hydrogens is 276 g/mol. The fraction of sp³-hybridized carbons (Fsp3) is 0.538. The van der Waals surface area contributed by atoms with Crippen molar-refractivity contribution in [3.05, 3.63) is 35.4 Å². The third-order valence-electron chi connectivity index (χ3n) is 2.95. The molecule has 1 rings (SSSR count). The minimum absolute atomic E-state index is 0.0194. The zero-order chi connectivity index (χ0) is 15.1. The molecule has 0 saturated carbocycles. The first-order chi connectivity index (χ1) is 9.45. The maximum Gasteiger partial charge on any atom is 0.251 e. The highest BCUT2D eigenvalue weighted by Gasteiger charge is 2.17. The minimum Gasteiger partial charge on any atom is -0.395 e. The second-order valence-corrected chi connectivity index (χ2v) is 4.45. The van der Waals surface area contributed by atoms with Crippen LogP contribution >= 0.6 is 0 Å². The van der Waals surface area contributed by atoms with Crippen LogP contribution in [0.2, 0.25) is 0 Å². The highest BCUT2D eigenvalue weighted by molar-refractivity contribution is 5.22.